The molecule has 1 aromatic carbocycles. The minimum atomic E-state index is -2.57. The zero-order valence-electron chi connectivity index (χ0n) is 11.9. The SMILES string of the molecule is OC(c1ccc2c(c1)OCCCO2)C1CCC(F)(F)CC1. The summed E-state index contributed by atoms with van der Waals surface area (Å²) in [4.78, 5) is 0. The van der Waals surface area contributed by atoms with Crippen molar-refractivity contribution in [2.75, 3.05) is 13.2 Å². The Morgan fingerprint density at radius 1 is 1.10 bits per heavy atom. The van der Waals surface area contributed by atoms with Gasteiger partial charge in [0.25, 0.3) is 0 Å². The first-order valence-electron chi connectivity index (χ1n) is 7.51. The number of hydrogen-bond acceptors (Lipinski definition) is 3. The van der Waals surface area contributed by atoms with Gasteiger partial charge in [-0.25, -0.2) is 8.78 Å². The smallest absolute Gasteiger partial charge is 0.248 e. The van der Waals surface area contributed by atoms with Gasteiger partial charge in [0.15, 0.2) is 11.5 Å². The van der Waals surface area contributed by atoms with E-state index in [0.29, 0.717) is 37.6 Å². The normalized spacial score (nSPS) is 23.4. The molecule has 1 aliphatic carbocycles. The molecule has 1 fully saturated rings. The summed E-state index contributed by atoms with van der Waals surface area (Å²) in [5.41, 5.74) is 0.717. The molecular weight excluding hydrogens is 278 g/mol. The first-order chi connectivity index (χ1) is 10.1. The van der Waals surface area contributed by atoms with Crippen LogP contribution in [0.25, 0.3) is 0 Å². The zero-order chi connectivity index (χ0) is 14.9. The minimum Gasteiger partial charge on any atom is -0.490 e. The van der Waals surface area contributed by atoms with Gasteiger partial charge in [-0.2, -0.15) is 0 Å². The van der Waals surface area contributed by atoms with Crippen molar-refractivity contribution in [3.63, 3.8) is 0 Å². The third-order valence-corrected chi connectivity index (χ3v) is 4.32. The summed E-state index contributed by atoms with van der Waals surface area (Å²) in [5, 5.41) is 10.4. The maximum absolute atomic E-state index is 13.2. The quantitative estimate of drug-likeness (QED) is 0.904. The van der Waals surface area contributed by atoms with Gasteiger partial charge in [0.2, 0.25) is 5.92 Å². The molecule has 1 atom stereocenters. The lowest BCUT2D eigenvalue weighted by atomic mass is 9.81. The molecule has 0 amide bonds. The maximum atomic E-state index is 13.2. The van der Waals surface area contributed by atoms with Crippen molar-refractivity contribution in [1.82, 2.24) is 0 Å². The average Bonchev–Trinajstić information content (AvgIpc) is 2.71. The average molecular weight is 298 g/mol. The molecular formula is C16H20F2O3. The Labute approximate surface area is 122 Å². The molecule has 3 nitrogen and oxygen atoms in total. The van der Waals surface area contributed by atoms with Crippen molar-refractivity contribution in [2.24, 2.45) is 5.92 Å². The van der Waals surface area contributed by atoms with E-state index in [9.17, 15) is 13.9 Å². The first-order valence-corrected chi connectivity index (χ1v) is 7.51. The van der Waals surface area contributed by atoms with Gasteiger partial charge in [0, 0.05) is 19.3 Å². The van der Waals surface area contributed by atoms with Crippen molar-refractivity contribution in [3.8, 4) is 11.5 Å². The number of ether oxygens (including phenoxy) is 2. The number of aliphatic hydroxyl groups excluding tert-OH is 1. The second-order valence-corrected chi connectivity index (χ2v) is 5.89. The van der Waals surface area contributed by atoms with Crippen LogP contribution in [0.5, 0.6) is 11.5 Å². The number of rotatable bonds is 2. The summed E-state index contributed by atoms with van der Waals surface area (Å²) in [6.45, 7) is 1.20. The lowest BCUT2D eigenvalue weighted by Gasteiger charge is -2.31. The number of hydrogen-bond donors (Lipinski definition) is 1. The Morgan fingerprint density at radius 3 is 2.48 bits per heavy atom. The first kappa shape index (κ1) is 14.6. The standard InChI is InChI=1S/C16H20F2O3/c17-16(18)6-4-11(5-7-16)15(19)12-2-3-13-14(10-12)21-9-1-8-20-13/h2-3,10-11,15,19H,1,4-9H2. The van der Waals surface area contributed by atoms with E-state index >= 15 is 0 Å². The van der Waals surface area contributed by atoms with E-state index in [1.807, 2.05) is 0 Å². The third kappa shape index (κ3) is 3.28. The molecule has 1 aromatic rings. The topological polar surface area (TPSA) is 38.7 Å². The Kier molecular flexibility index (Phi) is 4.02. The highest BCUT2D eigenvalue weighted by Gasteiger charge is 2.37. The molecule has 0 radical (unpaired) electrons. The fourth-order valence-electron chi connectivity index (χ4n) is 3.01. The van der Waals surface area contributed by atoms with E-state index < -0.39 is 12.0 Å². The Hall–Kier alpha value is -1.36. The van der Waals surface area contributed by atoms with Gasteiger partial charge in [-0.3, -0.25) is 0 Å². The highest BCUT2D eigenvalue weighted by atomic mass is 19.3. The summed E-state index contributed by atoms with van der Waals surface area (Å²) in [6, 6.07) is 5.36. The fraction of sp³-hybridized carbons (Fsp3) is 0.625. The van der Waals surface area contributed by atoms with Crippen LogP contribution in [0.1, 0.15) is 43.8 Å². The molecule has 1 N–H and O–H groups in total. The van der Waals surface area contributed by atoms with Gasteiger partial charge in [0.05, 0.1) is 19.3 Å². The number of aliphatic hydroxyl groups is 1. The van der Waals surface area contributed by atoms with Crippen LogP contribution in [0.3, 0.4) is 0 Å². The van der Waals surface area contributed by atoms with Gasteiger partial charge in [-0.05, 0) is 36.5 Å². The summed E-state index contributed by atoms with van der Waals surface area (Å²) in [5.74, 6) is -1.38. The second-order valence-electron chi connectivity index (χ2n) is 5.89. The van der Waals surface area contributed by atoms with E-state index in [1.165, 1.54) is 0 Å². The van der Waals surface area contributed by atoms with Crippen LogP contribution in [0, 0.1) is 5.92 Å². The van der Waals surface area contributed by atoms with Crippen LogP contribution in [-0.2, 0) is 0 Å². The molecule has 5 heteroatoms. The molecule has 0 aromatic heterocycles. The van der Waals surface area contributed by atoms with E-state index in [1.54, 1.807) is 18.2 Å². The van der Waals surface area contributed by atoms with Crippen molar-refractivity contribution < 1.29 is 23.4 Å². The molecule has 2 aliphatic rings. The molecule has 0 saturated heterocycles. The molecule has 1 aliphatic heterocycles. The molecule has 1 unspecified atom stereocenters. The van der Waals surface area contributed by atoms with Crippen molar-refractivity contribution in [1.29, 1.82) is 0 Å². The predicted octanol–water partition coefficient (Wildman–Crippen LogP) is 3.71. The van der Waals surface area contributed by atoms with Gasteiger partial charge >= 0.3 is 0 Å². The van der Waals surface area contributed by atoms with Gasteiger partial charge in [-0.1, -0.05) is 6.07 Å². The van der Waals surface area contributed by atoms with Crippen molar-refractivity contribution in [2.45, 2.75) is 44.1 Å². The molecule has 1 saturated carbocycles. The molecule has 3 rings (SSSR count). The largest absolute Gasteiger partial charge is 0.490 e. The third-order valence-electron chi connectivity index (χ3n) is 4.32. The number of halogens is 2. The zero-order valence-corrected chi connectivity index (χ0v) is 11.9. The van der Waals surface area contributed by atoms with Crippen LogP contribution in [0.15, 0.2) is 18.2 Å². The minimum absolute atomic E-state index is 0.116. The van der Waals surface area contributed by atoms with Gasteiger partial charge in [-0.15, -0.1) is 0 Å². The lowest BCUT2D eigenvalue weighted by molar-refractivity contribution is -0.0627. The highest BCUT2D eigenvalue weighted by Crippen LogP contribution is 2.42. The monoisotopic (exact) mass is 298 g/mol. The molecule has 0 bridgehead atoms. The maximum Gasteiger partial charge on any atom is 0.248 e. The van der Waals surface area contributed by atoms with Gasteiger partial charge < -0.3 is 14.6 Å². The number of benzene rings is 1. The summed E-state index contributed by atoms with van der Waals surface area (Å²) < 4.78 is 37.5. The van der Waals surface area contributed by atoms with Crippen LogP contribution in [-0.4, -0.2) is 24.2 Å². The van der Waals surface area contributed by atoms with Crippen molar-refractivity contribution in [3.05, 3.63) is 23.8 Å². The Morgan fingerprint density at radius 2 is 1.76 bits per heavy atom. The fourth-order valence-corrected chi connectivity index (χ4v) is 3.01. The molecule has 116 valence electrons. The van der Waals surface area contributed by atoms with Crippen LogP contribution in [0.4, 0.5) is 8.78 Å². The molecule has 0 spiro atoms. The summed E-state index contributed by atoms with van der Waals surface area (Å²) in [7, 11) is 0. The Balaban J connectivity index is 1.73. The predicted molar refractivity (Wildman–Crippen MR) is 73.9 cm³/mol. The molecule has 21 heavy (non-hydrogen) atoms. The summed E-state index contributed by atoms with van der Waals surface area (Å²) in [6.07, 6.45) is 0.520. The lowest BCUT2D eigenvalue weighted by Crippen LogP contribution is -2.27. The Bertz CT molecular complexity index is 494. The number of alkyl halides is 2. The van der Waals surface area contributed by atoms with E-state index in [2.05, 4.69) is 0 Å². The van der Waals surface area contributed by atoms with E-state index in [4.69, 9.17) is 9.47 Å². The van der Waals surface area contributed by atoms with Crippen molar-refractivity contribution >= 4 is 0 Å². The number of fused-ring (bicyclic) bond motifs is 1. The van der Waals surface area contributed by atoms with Gasteiger partial charge in [0.1, 0.15) is 0 Å². The summed E-state index contributed by atoms with van der Waals surface area (Å²) >= 11 is 0. The highest BCUT2D eigenvalue weighted by molar-refractivity contribution is 5.44. The van der Waals surface area contributed by atoms with E-state index in [-0.39, 0.29) is 18.8 Å². The molecule has 1 heterocycles. The second kappa shape index (κ2) is 5.79. The van der Waals surface area contributed by atoms with Crippen LogP contribution < -0.4 is 9.47 Å². The van der Waals surface area contributed by atoms with Crippen LogP contribution in [0.2, 0.25) is 0 Å². The van der Waals surface area contributed by atoms with Crippen LogP contribution >= 0.6 is 0 Å². The van der Waals surface area contributed by atoms with E-state index in [0.717, 1.165) is 12.0 Å².